The highest BCUT2D eigenvalue weighted by atomic mass is 15.0. The summed E-state index contributed by atoms with van der Waals surface area (Å²) < 4.78 is 0. The first kappa shape index (κ1) is 17.8. The molecule has 0 aromatic heterocycles. The van der Waals surface area contributed by atoms with Gasteiger partial charge in [0.2, 0.25) is 0 Å². The van der Waals surface area contributed by atoms with Crippen LogP contribution in [-0.2, 0) is 0 Å². The fourth-order valence-electron chi connectivity index (χ4n) is 7.52. The Labute approximate surface area is 147 Å². The number of hydrogen-bond acceptors (Lipinski definition) is 1. The van der Waals surface area contributed by atoms with Gasteiger partial charge >= 0.3 is 0 Å². The van der Waals surface area contributed by atoms with E-state index >= 15 is 0 Å². The predicted octanol–water partition coefficient (Wildman–Crippen LogP) is 5.26. The van der Waals surface area contributed by atoms with Crippen LogP contribution in [0.1, 0.15) is 85.9 Å². The zero-order chi connectivity index (χ0) is 13.8. The normalized spacial score (nSPS) is 51.1. The molecule has 8 atom stereocenters. The molecule has 0 aromatic rings. The maximum Gasteiger partial charge on any atom is 0.0132 e. The number of rotatable bonds is 0. The molecular weight excluding hydrogens is 277 g/mol. The van der Waals surface area contributed by atoms with Crippen LogP contribution in [-0.4, -0.2) is 20.5 Å². The summed E-state index contributed by atoms with van der Waals surface area (Å²) in [4.78, 5) is 0. The van der Waals surface area contributed by atoms with E-state index in [1.807, 2.05) is 0 Å². The van der Waals surface area contributed by atoms with E-state index in [4.69, 9.17) is 0 Å². The minimum Gasteiger partial charge on any atom is -0.311 e. The molecule has 2 saturated heterocycles. The first-order chi connectivity index (χ1) is 10.4. The molecular formula is C21H39BN. The monoisotopic (exact) mass is 317 g/mol. The Morgan fingerprint density at radius 2 is 1.22 bits per heavy atom. The average Bonchev–Trinajstić information content (AvgIpc) is 2.53. The fraction of sp³-hybridized carbons (Fsp3) is 1.00. The number of piperidine rings is 2. The second kappa shape index (κ2) is 7.10. The molecule has 23 heavy (non-hydrogen) atoms. The SMILES string of the molecule is C.C1CCC2CC3C(CC4CC5CCCCC5C3N4)CC2C1.[2HH].[B]. The Bertz CT molecular complexity index is 403. The number of hydrogen-bond donors (Lipinski definition) is 1. The van der Waals surface area contributed by atoms with Crippen molar-refractivity contribution in [3.8, 4) is 0 Å². The molecule has 5 rings (SSSR count). The molecule has 131 valence electrons. The van der Waals surface area contributed by atoms with Crippen molar-refractivity contribution in [2.24, 2.45) is 35.5 Å². The van der Waals surface area contributed by atoms with Gasteiger partial charge in [-0.15, -0.1) is 0 Å². The van der Waals surface area contributed by atoms with Crippen molar-refractivity contribution in [1.29, 1.82) is 0 Å². The Morgan fingerprint density at radius 3 is 2.00 bits per heavy atom. The molecule has 2 bridgehead atoms. The van der Waals surface area contributed by atoms with Crippen molar-refractivity contribution >= 4 is 8.41 Å². The molecule has 3 saturated carbocycles. The van der Waals surface area contributed by atoms with Gasteiger partial charge in [-0.05, 0) is 67.6 Å². The van der Waals surface area contributed by atoms with Crippen molar-refractivity contribution in [3.63, 3.8) is 0 Å². The smallest absolute Gasteiger partial charge is 0.0132 e. The van der Waals surface area contributed by atoms with Crippen LogP contribution in [0.5, 0.6) is 0 Å². The molecule has 0 aromatic carbocycles. The zero-order valence-electron chi connectivity index (χ0n) is 14.2. The van der Waals surface area contributed by atoms with Gasteiger partial charge < -0.3 is 5.32 Å². The van der Waals surface area contributed by atoms with E-state index in [2.05, 4.69) is 5.32 Å². The minimum absolute atomic E-state index is 0. The lowest BCUT2D eigenvalue weighted by atomic mass is 9.53. The Balaban J connectivity index is 0.000000694. The molecule has 1 nitrogen and oxygen atoms in total. The highest BCUT2D eigenvalue weighted by molar-refractivity contribution is 5.75. The Morgan fingerprint density at radius 1 is 0.609 bits per heavy atom. The summed E-state index contributed by atoms with van der Waals surface area (Å²) in [6.07, 6.45) is 18.6. The van der Waals surface area contributed by atoms with Crippen LogP contribution in [0.15, 0.2) is 0 Å². The molecule has 5 aliphatic rings. The third-order valence-corrected chi connectivity index (χ3v) is 8.35. The fourth-order valence-corrected chi connectivity index (χ4v) is 7.52. The molecule has 1 N–H and O–H groups in total. The Hall–Kier alpha value is 0.0249. The van der Waals surface area contributed by atoms with E-state index in [0.29, 0.717) is 0 Å². The summed E-state index contributed by atoms with van der Waals surface area (Å²) in [5, 5.41) is 4.15. The van der Waals surface area contributed by atoms with Gasteiger partial charge in [-0.3, -0.25) is 0 Å². The van der Waals surface area contributed by atoms with Crippen molar-refractivity contribution in [1.82, 2.24) is 5.32 Å². The molecule has 5 fully saturated rings. The third kappa shape index (κ3) is 3.03. The van der Waals surface area contributed by atoms with Crippen molar-refractivity contribution in [2.45, 2.75) is 96.6 Å². The van der Waals surface area contributed by atoms with Crippen LogP contribution >= 0.6 is 0 Å². The maximum atomic E-state index is 4.15. The van der Waals surface area contributed by atoms with Crippen LogP contribution in [0, 0.1) is 35.5 Å². The van der Waals surface area contributed by atoms with Gasteiger partial charge in [0.05, 0.1) is 0 Å². The van der Waals surface area contributed by atoms with Crippen molar-refractivity contribution < 1.29 is 1.43 Å². The van der Waals surface area contributed by atoms with Gasteiger partial charge in [-0.25, -0.2) is 0 Å². The topological polar surface area (TPSA) is 12.0 Å². The van der Waals surface area contributed by atoms with Gasteiger partial charge in [-0.1, -0.05) is 52.4 Å². The summed E-state index contributed by atoms with van der Waals surface area (Å²) in [6.45, 7) is 0. The van der Waals surface area contributed by atoms with Gasteiger partial charge in [0, 0.05) is 21.9 Å². The molecule has 2 heteroatoms. The average molecular weight is 317 g/mol. The first-order valence-electron chi connectivity index (χ1n) is 10.1. The molecule has 8 unspecified atom stereocenters. The first-order valence-corrected chi connectivity index (χ1v) is 10.1. The summed E-state index contributed by atoms with van der Waals surface area (Å²) in [6, 6.07) is 1.83. The second-order valence-electron chi connectivity index (χ2n) is 9.27. The highest BCUT2D eigenvalue weighted by Gasteiger charge is 2.51. The van der Waals surface area contributed by atoms with Crippen LogP contribution in [0.4, 0.5) is 0 Å². The van der Waals surface area contributed by atoms with Crippen LogP contribution in [0.3, 0.4) is 0 Å². The van der Waals surface area contributed by atoms with Crippen molar-refractivity contribution in [2.75, 3.05) is 0 Å². The minimum atomic E-state index is 0. The van der Waals surface area contributed by atoms with Crippen LogP contribution < -0.4 is 5.32 Å². The van der Waals surface area contributed by atoms with Gasteiger partial charge in [0.15, 0.2) is 0 Å². The third-order valence-electron chi connectivity index (χ3n) is 8.35. The van der Waals surface area contributed by atoms with E-state index < -0.39 is 0 Å². The summed E-state index contributed by atoms with van der Waals surface area (Å²) >= 11 is 0. The highest BCUT2D eigenvalue weighted by Crippen LogP contribution is 2.54. The van der Waals surface area contributed by atoms with E-state index in [0.717, 1.165) is 47.6 Å². The van der Waals surface area contributed by atoms with Crippen LogP contribution in [0.25, 0.3) is 0 Å². The second-order valence-corrected chi connectivity index (χ2v) is 9.27. The van der Waals surface area contributed by atoms with E-state index in [-0.39, 0.29) is 17.3 Å². The van der Waals surface area contributed by atoms with E-state index in [9.17, 15) is 0 Å². The summed E-state index contributed by atoms with van der Waals surface area (Å²) in [5.41, 5.74) is 0. The van der Waals surface area contributed by atoms with Crippen molar-refractivity contribution in [3.05, 3.63) is 0 Å². The quantitative estimate of drug-likeness (QED) is 0.601. The van der Waals surface area contributed by atoms with E-state index in [1.54, 1.807) is 38.5 Å². The number of nitrogens with one attached hydrogen (secondary N) is 1. The largest absolute Gasteiger partial charge is 0.311 e. The lowest BCUT2D eigenvalue weighted by Crippen LogP contribution is -2.62. The molecule has 0 amide bonds. The molecule has 2 heterocycles. The lowest BCUT2D eigenvalue weighted by Gasteiger charge is -2.58. The standard InChI is InChI=1S/C20H33N.CH4.B.H2/c1-2-6-14-12-19-16(9-13(14)5-1)11-17-10-15-7-3-4-8-18(15)20(19)21-17;;;/h13-21H,1-12H2;1H4;;1H/i;;;1+1. The van der Waals surface area contributed by atoms with Gasteiger partial charge in [-0.2, -0.15) is 0 Å². The zero-order valence-corrected chi connectivity index (χ0v) is 14.2. The van der Waals surface area contributed by atoms with Gasteiger partial charge in [0.25, 0.3) is 0 Å². The maximum absolute atomic E-state index is 4.15. The summed E-state index contributed by atoms with van der Waals surface area (Å²) in [7, 11) is 0. The Kier molecular flexibility index (Phi) is 5.51. The summed E-state index contributed by atoms with van der Waals surface area (Å²) in [5.74, 6) is 6.56. The van der Waals surface area contributed by atoms with Crippen LogP contribution in [0.2, 0.25) is 0 Å². The van der Waals surface area contributed by atoms with Gasteiger partial charge in [0.1, 0.15) is 0 Å². The van der Waals surface area contributed by atoms with E-state index in [1.165, 1.54) is 38.5 Å². The molecule has 3 aliphatic carbocycles. The molecule has 3 radical (unpaired) electrons. The number of fused-ring (bicyclic) bond motifs is 7. The molecule has 0 spiro atoms. The molecule has 2 aliphatic heterocycles. The lowest BCUT2D eigenvalue weighted by molar-refractivity contribution is -0.0431. The predicted molar refractivity (Wildman–Crippen MR) is 102 cm³/mol.